The van der Waals surface area contributed by atoms with E-state index < -0.39 is 29.7 Å². The summed E-state index contributed by atoms with van der Waals surface area (Å²) in [5.41, 5.74) is -4.46. The summed E-state index contributed by atoms with van der Waals surface area (Å²) in [7, 11) is 0. The van der Waals surface area contributed by atoms with Crippen LogP contribution in [-0.4, -0.2) is 46.1 Å². The molecule has 0 N–H and O–H groups in total. The van der Waals surface area contributed by atoms with Crippen molar-refractivity contribution in [3.8, 4) is 0 Å². The van der Waals surface area contributed by atoms with Crippen molar-refractivity contribution in [1.82, 2.24) is 9.88 Å². The van der Waals surface area contributed by atoms with Gasteiger partial charge in [-0.15, -0.1) is 0 Å². The normalized spacial score (nSPS) is 17.0. The third kappa shape index (κ3) is 3.70. The van der Waals surface area contributed by atoms with Crippen LogP contribution >= 0.6 is 0 Å². The number of aliphatic imine (C=N–C) groups is 2. The fraction of sp³-hybridized carbons (Fsp3) is 0.316. The van der Waals surface area contributed by atoms with Crippen LogP contribution in [-0.2, 0) is 0 Å². The Bertz CT molecular complexity index is 830. The second kappa shape index (κ2) is 7.49. The molecule has 29 heavy (non-hydrogen) atoms. The lowest BCUT2D eigenvalue weighted by atomic mass is 10.1. The molecule has 0 saturated carbocycles. The van der Waals surface area contributed by atoms with Gasteiger partial charge in [-0.2, -0.15) is 26.3 Å². The van der Waals surface area contributed by atoms with E-state index >= 15 is 0 Å². The molecule has 0 unspecified atom stereocenters. The molecule has 1 aliphatic rings. The Hall–Kier alpha value is -2.91. The van der Waals surface area contributed by atoms with Crippen LogP contribution in [0.3, 0.4) is 0 Å². The standard InChI is InChI=1S/C19H16F6N4/c1-2-11-29-15(13-7-4-3-5-8-13)27-17(18(20,21)22,19(23,24)25)28-16(29)14-9-6-10-26-12-14/h3-10,12H,2,11H2,1H3. The predicted molar refractivity (Wildman–Crippen MR) is 95.6 cm³/mol. The molecule has 0 fully saturated rings. The highest BCUT2D eigenvalue weighted by Gasteiger charge is 2.74. The summed E-state index contributed by atoms with van der Waals surface area (Å²) in [6.07, 6.45) is -8.61. The van der Waals surface area contributed by atoms with E-state index in [1.165, 1.54) is 53.7 Å². The van der Waals surface area contributed by atoms with Gasteiger partial charge in [-0.3, -0.25) is 4.98 Å². The summed E-state index contributed by atoms with van der Waals surface area (Å²) in [5.74, 6) is -0.931. The summed E-state index contributed by atoms with van der Waals surface area (Å²) < 4.78 is 82.9. The highest BCUT2D eigenvalue weighted by atomic mass is 19.4. The Morgan fingerprint density at radius 3 is 1.86 bits per heavy atom. The van der Waals surface area contributed by atoms with Crippen molar-refractivity contribution in [3.05, 3.63) is 66.0 Å². The van der Waals surface area contributed by atoms with Crippen LogP contribution in [0.4, 0.5) is 26.3 Å². The van der Waals surface area contributed by atoms with E-state index in [9.17, 15) is 26.3 Å². The van der Waals surface area contributed by atoms with Gasteiger partial charge in [0, 0.05) is 30.1 Å². The number of pyridine rings is 1. The van der Waals surface area contributed by atoms with Gasteiger partial charge < -0.3 is 4.90 Å². The van der Waals surface area contributed by atoms with E-state index in [1.54, 1.807) is 13.0 Å². The highest BCUT2D eigenvalue weighted by molar-refractivity contribution is 6.16. The first-order valence-corrected chi connectivity index (χ1v) is 8.67. The molecule has 154 valence electrons. The molecule has 0 amide bonds. The number of halogens is 6. The van der Waals surface area contributed by atoms with Gasteiger partial charge in [-0.05, 0) is 18.6 Å². The van der Waals surface area contributed by atoms with Crippen LogP contribution < -0.4 is 0 Å². The fourth-order valence-corrected chi connectivity index (χ4v) is 2.93. The minimum Gasteiger partial charge on any atom is -0.310 e. The molecule has 2 heterocycles. The van der Waals surface area contributed by atoms with Crippen LogP contribution in [0.15, 0.2) is 64.8 Å². The third-order valence-corrected chi connectivity index (χ3v) is 4.24. The maximum Gasteiger partial charge on any atom is 0.443 e. The summed E-state index contributed by atoms with van der Waals surface area (Å²) in [6, 6.07) is 10.2. The van der Waals surface area contributed by atoms with E-state index in [4.69, 9.17) is 0 Å². The molecule has 2 aromatic rings. The van der Waals surface area contributed by atoms with Crippen molar-refractivity contribution >= 4 is 11.7 Å². The largest absolute Gasteiger partial charge is 0.443 e. The molecule has 1 aliphatic heterocycles. The van der Waals surface area contributed by atoms with E-state index in [2.05, 4.69) is 15.0 Å². The second-order valence-corrected chi connectivity index (χ2v) is 6.30. The Kier molecular flexibility index (Phi) is 5.38. The predicted octanol–water partition coefficient (Wildman–Crippen LogP) is 4.82. The van der Waals surface area contributed by atoms with E-state index in [0.717, 1.165) is 0 Å². The number of hydrogen-bond donors (Lipinski definition) is 0. The van der Waals surface area contributed by atoms with Crippen LogP contribution in [0, 0.1) is 0 Å². The molecule has 0 saturated heterocycles. The molecule has 0 aliphatic carbocycles. The van der Waals surface area contributed by atoms with Crippen molar-refractivity contribution in [2.75, 3.05) is 6.54 Å². The number of nitrogens with zero attached hydrogens (tertiary/aromatic N) is 4. The summed E-state index contributed by atoms with van der Waals surface area (Å²) in [6.45, 7) is 1.87. The first-order valence-electron chi connectivity index (χ1n) is 8.67. The molecule has 3 rings (SSSR count). The number of hydrogen-bond acceptors (Lipinski definition) is 4. The number of rotatable bonds is 4. The van der Waals surface area contributed by atoms with Gasteiger partial charge in [-0.25, -0.2) is 9.98 Å². The lowest BCUT2D eigenvalue weighted by Crippen LogP contribution is -2.59. The van der Waals surface area contributed by atoms with E-state index in [0.29, 0.717) is 6.42 Å². The fourth-order valence-electron chi connectivity index (χ4n) is 2.93. The molecule has 1 aromatic heterocycles. The minimum atomic E-state index is -5.79. The smallest absolute Gasteiger partial charge is 0.310 e. The number of amidine groups is 2. The Morgan fingerprint density at radius 2 is 1.38 bits per heavy atom. The molecular formula is C19H16F6N4. The lowest BCUT2D eigenvalue weighted by molar-refractivity contribution is -0.292. The maximum atomic E-state index is 13.8. The van der Waals surface area contributed by atoms with Crippen molar-refractivity contribution in [2.24, 2.45) is 9.98 Å². The quantitative estimate of drug-likeness (QED) is 0.673. The molecule has 0 bridgehead atoms. The zero-order valence-electron chi connectivity index (χ0n) is 15.2. The molecular weight excluding hydrogens is 398 g/mol. The molecule has 4 nitrogen and oxygen atoms in total. The van der Waals surface area contributed by atoms with Gasteiger partial charge in [0.05, 0.1) is 0 Å². The summed E-state index contributed by atoms with van der Waals surface area (Å²) in [4.78, 5) is 11.4. The van der Waals surface area contributed by atoms with Gasteiger partial charge in [-0.1, -0.05) is 37.3 Å². The van der Waals surface area contributed by atoms with Crippen molar-refractivity contribution in [2.45, 2.75) is 31.4 Å². The van der Waals surface area contributed by atoms with Gasteiger partial charge in [0.25, 0.3) is 0 Å². The van der Waals surface area contributed by atoms with Crippen molar-refractivity contribution < 1.29 is 26.3 Å². The second-order valence-electron chi connectivity index (χ2n) is 6.30. The van der Waals surface area contributed by atoms with Crippen molar-refractivity contribution in [3.63, 3.8) is 0 Å². The maximum absolute atomic E-state index is 13.8. The first-order chi connectivity index (χ1) is 13.6. The number of alkyl halides is 6. The zero-order valence-corrected chi connectivity index (χ0v) is 15.2. The third-order valence-electron chi connectivity index (χ3n) is 4.24. The first kappa shape index (κ1) is 20.8. The van der Waals surface area contributed by atoms with Gasteiger partial charge >= 0.3 is 18.0 Å². The molecule has 0 spiro atoms. The van der Waals surface area contributed by atoms with Gasteiger partial charge in [0.1, 0.15) is 11.7 Å². The Balaban J connectivity index is 2.35. The molecule has 0 atom stereocenters. The average Bonchev–Trinajstić information content (AvgIpc) is 2.68. The SMILES string of the molecule is CCCN1C(c2ccccc2)=NC(C(F)(F)F)(C(F)(F)F)N=C1c1cccnc1. The molecule has 10 heteroatoms. The van der Waals surface area contributed by atoms with Crippen molar-refractivity contribution in [1.29, 1.82) is 0 Å². The average molecular weight is 414 g/mol. The molecule has 1 aromatic carbocycles. The zero-order chi connectivity index (χ0) is 21.3. The molecule has 0 radical (unpaired) electrons. The van der Waals surface area contributed by atoms with Gasteiger partial charge in [0.15, 0.2) is 0 Å². The summed E-state index contributed by atoms with van der Waals surface area (Å²) in [5, 5.41) is 0. The highest BCUT2D eigenvalue weighted by Crippen LogP contribution is 2.49. The van der Waals surface area contributed by atoms with Gasteiger partial charge in [0.2, 0.25) is 0 Å². The van der Waals surface area contributed by atoms with Crippen LogP contribution in [0.1, 0.15) is 24.5 Å². The van der Waals surface area contributed by atoms with Crippen LogP contribution in [0.25, 0.3) is 0 Å². The number of aromatic nitrogens is 1. The topological polar surface area (TPSA) is 40.9 Å². The lowest BCUT2D eigenvalue weighted by Gasteiger charge is -2.39. The Labute approximate surface area is 162 Å². The number of benzene rings is 1. The minimum absolute atomic E-state index is 0.0298. The summed E-state index contributed by atoms with van der Waals surface area (Å²) >= 11 is 0. The van der Waals surface area contributed by atoms with E-state index in [1.807, 2.05) is 0 Å². The van der Waals surface area contributed by atoms with Crippen LogP contribution in [0.2, 0.25) is 0 Å². The van der Waals surface area contributed by atoms with Crippen LogP contribution in [0.5, 0.6) is 0 Å². The monoisotopic (exact) mass is 414 g/mol. The van der Waals surface area contributed by atoms with E-state index in [-0.39, 0.29) is 17.7 Å². The Morgan fingerprint density at radius 1 is 0.828 bits per heavy atom.